The predicted octanol–water partition coefficient (Wildman–Crippen LogP) is 4.40. The quantitative estimate of drug-likeness (QED) is 0.375. The van der Waals surface area contributed by atoms with Crippen LogP contribution in [0.15, 0.2) is 61.1 Å². The van der Waals surface area contributed by atoms with Crippen LogP contribution >= 0.6 is 0 Å². The number of carbonyl (C=O) groups excluding carboxylic acids is 2. The zero-order chi connectivity index (χ0) is 29.2. The number of nitrogens with one attached hydrogen (secondary N) is 1. The van der Waals surface area contributed by atoms with E-state index in [1.54, 1.807) is 19.0 Å². The van der Waals surface area contributed by atoms with Crippen LogP contribution < -0.4 is 0 Å². The second-order valence-corrected chi connectivity index (χ2v) is 12.0. The highest BCUT2D eigenvalue weighted by Gasteiger charge is 2.26. The van der Waals surface area contributed by atoms with Gasteiger partial charge in [-0.3, -0.25) is 4.79 Å². The fourth-order valence-corrected chi connectivity index (χ4v) is 6.30. The molecule has 0 aliphatic carbocycles. The molecule has 0 atom stereocenters. The number of likely N-dealkylation sites (N-methyl/N-ethyl adjacent to an activating group) is 1. The number of hydrogen-bond donors (Lipinski definition) is 1. The van der Waals surface area contributed by atoms with Crippen molar-refractivity contribution in [3.8, 4) is 11.1 Å². The molecule has 0 saturated carbocycles. The first-order valence-electron chi connectivity index (χ1n) is 15.0. The lowest BCUT2D eigenvalue weighted by Crippen LogP contribution is -2.47. The number of piperidine rings is 1. The van der Waals surface area contributed by atoms with Gasteiger partial charge in [0, 0.05) is 77.7 Å². The molecule has 2 aliphatic rings. The van der Waals surface area contributed by atoms with Gasteiger partial charge in [-0.1, -0.05) is 42.5 Å². The van der Waals surface area contributed by atoms with Gasteiger partial charge < -0.3 is 29.2 Å². The van der Waals surface area contributed by atoms with Gasteiger partial charge in [-0.2, -0.15) is 0 Å². The molecule has 1 N–H and O–H groups in total. The summed E-state index contributed by atoms with van der Waals surface area (Å²) in [4.78, 5) is 42.2. The maximum absolute atomic E-state index is 13.9. The molecule has 4 heterocycles. The lowest BCUT2D eigenvalue weighted by atomic mass is 9.93. The molecule has 2 fully saturated rings. The van der Waals surface area contributed by atoms with Gasteiger partial charge in [0.15, 0.2) is 0 Å². The number of benzene rings is 2. The van der Waals surface area contributed by atoms with E-state index in [1.165, 1.54) is 0 Å². The van der Waals surface area contributed by atoms with Crippen LogP contribution in [0, 0.1) is 5.92 Å². The zero-order valence-electron chi connectivity index (χ0n) is 24.9. The van der Waals surface area contributed by atoms with E-state index < -0.39 is 0 Å². The molecular weight excluding hydrogens is 526 g/mol. The van der Waals surface area contributed by atoms with Crippen LogP contribution in [-0.2, 0) is 13.0 Å². The minimum absolute atomic E-state index is 0.0915. The molecule has 3 amide bonds. The van der Waals surface area contributed by atoms with Crippen LogP contribution in [0.5, 0.6) is 0 Å². The first-order chi connectivity index (χ1) is 20.4. The Morgan fingerprint density at radius 3 is 2.40 bits per heavy atom. The van der Waals surface area contributed by atoms with E-state index in [0.717, 1.165) is 97.5 Å². The normalized spacial score (nSPS) is 16.7. The van der Waals surface area contributed by atoms with E-state index in [-0.39, 0.29) is 11.9 Å². The molecule has 6 rings (SSSR count). The number of piperazine rings is 1. The number of likely N-dealkylation sites (tertiary alicyclic amines) is 1. The lowest BCUT2D eigenvalue weighted by molar-refractivity contribution is 0.0664. The van der Waals surface area contributed by atoms with E-state index in [2.05, 4.69) is 70.2 Å². The Morgan fingerprint density at radius 1 is 0.905 bits per heavy atom. The van der Waals surface area contributed by atoms with Crippen molar-refractivity contribution >= 4 is 22.7 Å². The number of H-pyrrole nitrogens is 1. The molecule has 2 aromatic heterocycles. The van der Waals surface area contributed by atoms with E-state index in [9.17, 15) is 9.59 Å². The van der Waals surface area contributed by atoms with Crippen molar-refractivity contribution in [2.75, 3.05) is 60.4 Å². The Hall–Kier alpha value is -4.11. The summed E-state index contributed by atoms with van der Waals surface area (Å²) in [5, 5.41) is 2.31. The average molecular weight is 568 g/mol. The van der Waals surface area contributed by atoms with Crippen LogP contribution in [0.25, 0.3) is 21.9 Å². The fraction of sp³-hybridized carbons (Fsp3) is 0.424. The molecule has 2 aromatic carbocycles. The molecule has 9 heteroatoms. The minimum Gasteiger partial charge on any atom is -0.347 e. The smallest absolute Gasteiger partial charge is 0.319 e. The molecule has 0 unspecified atom stereocenters. The van der Waals surface area contributed by atoms with Crippen LogP contribution in [0.2, 0.25) is 0 Å². The highest BCUT2D eigenvalue weighted by atomic mass is 16.2. The van der Waals surface area contributed by atoms with Crippen LogP contribution in [0.4, 0.5) is 4.79 Å². The van der Waals surface area contributed by atoms with Gasteiger partial charge >= 0.3 is 6.03 Å². The van der Waals surface area contributed by atoms with Crippen molar-refractivity contribution in [3.05, 3.63) is 78.1 Å². The zero-order valence-corrected chi connectivity index (χ0v) is 24.9. The fourth-order valence-electron chi connectivity index (χ4n) is 6.30. The maximum Gasteiger partial charge on any atom is 0.319 e. The van der Waals surface area contributed by atoms with Gasteiger partial charge in [-0.25, -0.2) is 9.78 Å². The van der Waals surface area contributed by atoms with Crippen molar-refractivity contribution in [1.82, 2.24) is 34.1 Å². The average Bonchev–Trinajstić information content (AvgIpc) is 3.63. The van der Waals surface area contributed by atoms with Crippen LogP contribution in [0.3, 0.4) is 0 Å². The third kappa shape index (κ3) is 5.92. The molecular formula is C33H41N7O2. The summed E-state index contributed by atoms with van der Waals surface area (Å²) in [7, 11) is 5.72. The molecule has 0 radical (unpaired) electrons. The molecule has 42 heavy (non-hydrogen) atoms. The Bertz CT molecular complexity index is 1550. The number of rotatable bonds is 6. The highest BCUT2D eigenvalue weighted by Crippen LogP contribution is 2.33. The number of nitrogens with zero attached hydrogens (tertiary/aromatic N) is 6. The molecule has 2 aliphatic heterocycles. The minimum atomic E-state index is 0.0915. The van der Waals surface area contributed by atoms with Gasteiger partial charge in [0.25, 0.3) is 5.91 Å². The Kier molecular flexibility index (Phi) is 8.02. The number of aromatic nitrogens is 3. The van der Waals surface area contributed by atoms with E-state index in [1.807, 2.05) is 22.2 Å². The summed E-state index contributed by atoms with van der Waals surface area (Å²) in [5.41, 5.74) is 3.81. The molecule has 0 spiro atoms. The number of fused-ring (bicyclic) bond motifs is 1. The Balaban J connectivity index is 1.21. The third-order valence-electron chi connectivity index (χ3n) is 8.76. The second-order valence-electron chi connectivity index (χ2n) is 12.0. The topological polar surface area (TPSA) is 80.7 Å². The van der Waals surface area contributed by atoms with Gasteiger partial charge in [-0.15, -0.1) is 0 Å². The number of hydrogen-bond acceptors (Lipinski definition) is 4. The first kappa shape index (κ1) is 28.0. The van der Waals surface area contributed by atoms with E-state index in [0.29, 0.717) is 12.5 Å². The number of carbonyl (C=O) groups is 2. The van der Waals surface area contributed by atoms with Crippen molar-refractivity contribution in [1.29, 1.82) is 0 Å². The lowest BCUT2D eigenvalue weighted by Gasteiger charge is -2.33. The monoisotopic (exact) mass is 567 g/mol. The molecule has 9 nitrogen and oxygen atoms in total. The van der Waals surface area contributed by atoms with Crippen LogP contribution in [0.1, 0.15) is 34.7 Å². The number of amides is 3. The van der Waals surface area contributed by atoms with E-state index in [4.69, 9.17) is 4.98 Å². The van der Waals surface area contributed by atoms with Gasteiger partial charge in [0.2, 0.25) is 0 Å². The van der Waals surface area contributed by atoms with Crippen molar-refractivity contribution < 1.29 is 9.59 Å². The summed E-state index contributed by atoms with van der Waals surface area (Å²) in [6.45, 7) is 5.44. The van der Waals surface area contributed by atoms with Crippen molar-refractivity contribution in [2.45, 2.75) is 25.8 Å². The second kappa shape index (κ2) is 12.0. The molecule has 2 saturated heterocycles. The van der Waals surface area contributed by atoms with Gasteiger partial charge in [0.05, 0.1) is 24.0 Å². The maximum atomic E-state index is 13.9. The standard InChI is InChI=1S/C33H41N7O2/c1-36(2)33(42)40-13-11-24(12-14-40)19-31-34-20-26(35-31)21-38-22-29(28-10-6-8-25-7-4-5-9-27(25)28)30(23-38)32(41)39-17-15-37(3)16-18-39/h4-10,20,22-24H,11-19,21H2,1-3H3,(H,34,35). The molecule has 0 bridgehead atoms. The third-order valence-corrected chi connectivity index (χ3v) is 8.76. The molecule has 220 valence electrons. The Labute approximate surface area is 247 Å². The number of aromatic amines is 1. The first-order valence-corrected chi connectivity index (χ1v) is 15.0. The highest BCUT2D eigenvalue weighted by molar-refractivity contribution is 6.06. The summed E-state index contributed by atoms with van der Waals surface area (Å²) in [6, 6.07) is 14.8. The van der Waals surface area contributed by atoms with Crippen LogP contribution in [-0.4, -0.2) is 106 Å². The van der Waals surface area contributed by atoms with Gasteiger partial charge in [0.1, 0.15) is 5.82 Å². The Morgan fingerprint density at radius 2 is 1.64 bits per heavy atom. The number of imidazole rings is 1. The SMILES string of the molecule is CN1CCN(C(=O)c2cn(Cc3cnc(CC4CCN(C(=O)N(C)C)CC4)[nH]3)cc2-c2cccc3ccccc23)CC1. The summed E-state index contributed by atoms with van der Waals surface area (Å²) < 4.78 is 2.11. The van der Waals surface area contributed by atoms with E-state index >= 15 is 0 Å². The largest absolute Gasteiger partial charge is 0.347 e. The summed E-state index contributed by atoms with van der Waals surface area (Å²) in [5.74, 6) is 1.58. The number of urea groups is 1. The van der Waals surface area contributed by atoms with Gasteiger partial charge in [-0.05, 0) is 42.1 Å². The molecule has 4 aromatic rings. The van der Waals surface area contributed by atoms with Crippen molar-refractivity contribution in [3.63, 3.8) is 0 Å². The summed E-state index contributed by atoms with van der Waals surface area (Å²) in [6.07, 6.45) is 8.89. The summed E-state index contributed by atoms with van der Waals surface area (Å²) >= 11 is 0. The predicted molar refractivity (Wildman–Crippen MR) is 166 cm³/mol. The van der Waals surface area contributed by atoms with Crippen molar-refractivity contribution in [2.24, 2.45) is 5.92 Å².